The van der Waals surface area contributed by atoms with Gasteiger partial charge in [-0.2, -0.15) is 0 Å². The van der Waals surface area contributed by atoms with Gasteiger partial charge in [0.2, 0.25) is 0 Å². The molecule has 1 atom stereocenters. The first-order chi connectivity index (χ1) is 3.63. The summed E-state index contributed by atoms with van der Waals surface area (Å²) in [5.74, 6) is 1.94. The van der Waals surface area contributed by atoms with Gasteiger partial charge in [-0.25, -0.2) is 0 Å². The molecule has 0 aliphatic carbocycles. The molecule has 0 amide bonds. The first kappa shape index (κ1) is 8.64. The minimum absolute atomic E-state index is 0.275. The van der Waals surface area contributed by atoms with Crippen LogP contribution in [0.5, 0.6) is 0 Å². The van der Waals surface area contributed by atoms with Crippen LogP contribution < -0.4 is 0 Å². The lowest BCUT2D eigenvalue weighted by Crippen LogP contribution is -1.93. The SMILES string of the molecule is CC(C)CSC(C)Cl. The third-order valence-corrected chi connectivity index (χ3v) is 2.36. The van der Waals surface area contributed by atoms with E-state index in [-0.39, 0.29) is 4.71 Å². The van der Waals surface area contributed by atoms with Gasteiger partial charge in [0.15, 0.2) is 0 Å². The van der Waals surface area contributed by atoms with E-state index in [0.29, 0.717) is 0 Å². The third kappa shape index (κ3) is 6.64. The summed E-state index contributed by atoms with van der Waals surface area (Å²) in [5.41, 5.74) is 0. The molecule has 0 rings (SSSR count). The monoisotopic (exact) mass is 152 g/mol. The Balaban J connectivity index is 2.93. The molecule has 0 saturated carbocycles. The van der Waals surface area contributed by atoms with Gasteiger partial charge in [0.05, 0.1) is 4.71 Å². The quantitative estimate of drug-likeness (QED) is 0.561. The van der Waals surface area contributed by atoms with Crippen LogP contribution in [0.2, 0.25) is 0 Å². The normalized spacial score (nSPS) is 14.6. The summed E-state index contributed by atoms with van der Waals surface area (Å²) in [7, 11) is 0. The highest BCUT2D eigenvalue weighted by Crippen LogP contribution is 2.16. The van der Waals surface area contributed by atoms with Crippen molar-refractivity contribution in [1.82, 2.24) is 0 Å². The fourth-order valence-electron chi connectivity index (χ4n) is 0.325. The maximum absolute atomic E-state index is 5.68. The molecule has 0 nitrogen and oxygen atoms in total. The number of hydrogen-bond donors (Lipinski definition) is 0. The van der Waals surface area contributed by atoms with Crippen LogP contribution >= 0.6 is 23.4 Å². The number of halogens is 1. The lowest BCUT2D eigenvalue weighted by Gasteiger charge is -2.04. The highest BCUT2D eigenvalue weighted by molar-refractivity contribution is 8.01. The van der Waals surface area contributed by atoms with Crippen molar-refractivity contribution in [1.29, 1.82) is 0 Å². The zero-order valence-electron chi connectivity index (χ0n) is 5.65. The van der Waals surface area contributed by atoms with Crippen molar-refractivity contribution in [3.05, 3.63) is 0 Å². The molecule has 50 valence electrons. The predicted molar refractivity (Wildman–Crippen MR) is 42.6 cm³/mol. The minimum atomic E-state index is 0.275. The van der Waals surface area contributed by atoms with E-state index in [1.165, 1.54) is 5.75 Å². The molecule has 0 aromatic heterocycles. The van der Waals surface area contributed by atoms with Crippen molar-refractivity contribution >= 4 is 23.4 Å². The van der Waals surface area contributed by atoms with Gasteiger partial charge < -0.3 is 0 Å². The van der Waals surface area contributed by atoms with E-state index in [2.05, 4.69) is 13.8 Å². The second-order valence-corrected chi connectivity index (χ2v) is 4.56. The van der Waals surface area contributed by atoms with E-state index in [1.807, 2.05) is 6.92 Å². The Labute approximate surface area is 61.0 Å². The van der Waals surface area contributed by atoms with Gasteiger partial charge in [-0.1, -0.05) is 13.8 Å². The molecule has 0 bridgehead atoms. The third-order valence-electron chi connectivity index (χ3n) is 0.659. The smallest absolute Gasteiger partial charge is 0.0760 e. The lowest BCUT2D eigenvalue weighted by atomic mass is 10.3. The van der Waals surface area contributed by atoms with E-state index in [0.717, 1.165) is 5.92 Å². The number of thioether (sulfide) groups is 1. The van der Waals surface area contributed by atoms with Crippen LogP contribution in [0.15, 0.2) is 0 Å². The highest BCUT2D eigenvalue weighted by atomic mass is 35.5. The number of rotatable bonds is 3. The molecule has 0 spiro atoms. The number of alkyl halides is 1. The van der Waals surface area contributed by atoms with Crippen molar-refractivity contribution in [3.8, 4) is 0 Å². The zero-order chi connectivity index (χ0) is 6.57. The van der Waals surface area contributed by atoms with E-state index < -0.39 is 0 Å². The molecule has 0 N–H and O–H groups in total. The summed E-state index contributed by atoms with van der Waals surface area (Å²) in [6.45, 7) is 6.41. The topological polar surface area (TPSA) is 0 Å². The minimum Gasteiger partial charge on any atom is -0.142 e. The van der Waals surface area contributed by atoms with Crippen LogP contribution in [0.3, 0.4) is 0 Å². The van der Waals surface area contributed by atoms with Gasteiger partial charge in [-0.05, 0) is 18.6 Å². The molecule has 0 aliphatic rings. The molecule has 8 heavy (non-hydrogen) atoms. The fraction of sp³-hybridized carbons (Fsp3) is 1.00. The average molecular weight is 153 g/mol. The summed E-state index contributed by atoms with van der Waals surface area (Å²) in [4.78, 5) is 0. The van der Waals surface area contributed by atoms with Crippen molar-refractivity contribution in [2.24, 2.45) is 5.92 Å². The highest BCUT2D eigenvalue weighted by Gasteiger charge is 1.97. The maximum Gasteiger partial charge on any atom is 0.0760 e. The molecule has 0 radical (unpaired) electrons. The molecular formula is C6H13ClS. The molecule has 0 saturated heterocycles. The molecule has 0 aromatic rings. The molecule has 2 heteroatoms. The van der Waals surface area contributed by atoms with Crippen LogP contribution in [0.1, 0.15) is 20.8 Å². The van der Waals surface area contributed by atoms with Crippen LogP contribution in [-0.4, -0.2) is 10.5 Å². The van der Waals surface area contributed by atoms with Gasteiger partial charge >= 0.3 is 0 Å². The zero-order valence-corrected chi connectivity index (χ0v) is 7.22. The van der Waals surface area contributed by atoms with Crippen molar-refractivity contribution < 1.29 is 0 Å². The summed E-state index contributed by atoms with van der Waals surface area (Å²) in [5, 5.41) is 0. The standard InChI is InChI=1S/C6H13ClS/c1-5(2)4-8-6(3)7/h5-6H,4H2,1-3H3. The Morgan fingerprint density at radius 2 is 1.88 bits per heavy atom. The Kier molecular flexibility index (Phi) is 4.87. The van der Waals surface area contributed by atoms with Crippen LogP contribution in [0.25, 0.3) is 0 Å². The second-order valence-electron chi connectivity index (χ2n) is 2.27. The van der Waals surface area contributed by atoms with Gasteiger partial charge in [-0.15, -0.1) is 23.4 Å². The summed E-state index contributed by atoms with van der Waals surface area (Å²) in [6, 6.07) is 0. The summed E-state index contributed by atoms with van der Waals surface area (Å²) < 4.78 is 0.275. The van der Waals surface area contributed by atoms with Crippen molar-refractivity contribution in [3.63, 3.8) is 0 Å². The predicted octanol–water partition coefficient (Wildman–Crippen LogP) is 2.96. The fourth-order valence-corrected chi connectivity index (χ4v) is 1.19. The maximum atomic E-state index is 5.68. The largest absolute Gasteiger partial charge is 0.142 e. The van der Waals surface area contributed by atoms with Crippen molar-refractivity contribution in [2.45, 2.75) is 25.5 Å². The lowest BCUT2D eigenvalue weighted by molar-refractivity contribution is 0.750. The number of hydrogen-bond acceptors (Lipinski definition) is 1. The molecule has 0 aromatic carbocycles. The van der Waals surface area contributed by atoms with Crippen molar-refractivity contribution in [2.75, 3.05) is 5.75 Å². The average Bonchev–Trinajstić information content (AvgIpc) is 1.61. The Morgan fingerprint density at radius 3 is 2.00 bits per heavy atom. The summed E-state index contributed by atoms with van der Waals surface area (Å²) in [6.07, 6.45) is 0. The first-order valence-corrected chi connectivity index (χ1v) is 4.37. The Morgan fingerprint density at radius 1 is 1.38 bits per heavy atom. The summed E-state index contributed by atoms with van der Waals surface area (Å²) >= 11 is 7.49. The van der Waals surface area contributed by atoms with Gasteiger partial charge in [0.25, 0.3) is 0 Å². The molecule has 0 aliphatic heterocycles. The van der Waals surface area contributed by atoms with E-state index in [4.69, 9.17) is 11.6 Å². The molecular weight excluding hydrogens is 140 g/mol. The van der Waals surface area contributed by atoms with Crippen LogP contribution in [0, 0.1) is 5.92 Å². The van der Waals surface area contributed by atoms with E-state index in [9.17, 15) is 0 Å². The van der Waals surface area contributed by atoms with Gasteiger partial charge in [-0.3, -0.25) is 0 Å². The molecule has 1 unspecified atom stereocenters. The van der Waals surface area contributed by atoms with Gasteiger partial charge in [0.1, 0.15) is 0 Å². The van der Waals surface area contributed by atoms with Gasteiger partial charge in [0, 0.05) is 0 Å². The second kappa shape index (κ2) is 4.51. The molecule has 0 heterocycles. The Bertz CT molecular complexity index is 44.5. The van der Waals surface area contributed by atoms with E-state index >= 15 is 0 Å². The van der Waals surface area contributed by atoms with E-state index in [1.54, 1.807) is 11.8 Å². The Hall–Kier alpha value is 0.640. The first-order valence-electron chi connectivity index (χ1n) is 2.88. The van der Waals surface area contributed by atoms with Crippen LogP contribution in [-0.2, 0) is 0 Å². The van der Waals surface area contributed by atoms with Crippen LogP contribution in [0.4, 0.5) is 0 Å². The molecule has 0 fully saturated rings.